The van der Waals surface area contributed by atoms with E-state index >= 15 is 0 Å². The Hall–Kier alpha value is -1.71. The van der Waals surface area contributed by atoms with Crippen LogP contribution in [-0.2, 0) is 4.74 Å². The summed E-state index contributed by atoms with van der Waals surface area (Å²) in [6, 6.07) is 3.90. The van der Waals surface area contributed by atoms with Crippen molar-refractivity contribution in [1.29, 1.82) is 5.26 Å². The van der Waals surface area contributed by atoms with E-state index in [1.807, 2.05) is 6.92 Å². The van der Waals surface area contributed by atoms with E-state index in [0.29, 0.717) is 11.6 Å². The lowest BCUT2D eigenvalue weighted by molar-refractivity contribution is 0.0973. The van der Waals surface area contributed by atoms with Gasteiger partial charge < -0.3 is 15.4 Å². The molecule has 0 amide bonds. The van der Waals surface area contributed by atoms with Crippen molar-refractivity contribution >= 4 is 5.95 Å². The molecule has 2 aliphatic heterocycles. The molecule has 2 atom stereocenters. The van der Waals surface area contributed by atoms with E-state index < -0.39 is 0 Å². The van der Waals surface area contributed by atoms with Crippen molar-refractivity contribution in [2.45, 2.75) is 38.8 Å². The van der Waals surface area contributed by atoms with Crippen molar-refractivity contribution in [2.75, 3.05) is 24.6 Å². The Morgan fingerprint density at radius 1 is 1.43 bits per heavy atom. The Bertz CT molecular complexity index is 574. The topological polar surface area (TPSA) is 88.1 Å². The predicted octanol–water partition coefficient (Wildman–Crippen LogP) is 0.989. The number of hydrogen-bond acceptors (Lipinski definition) is 6. The molecule has 0 bridgehead atoms. The third-order valence-electron chi connectivity index (χ3n) is 4.85. The molecule has 6 heteroatoms. The number of aromatic nitrogens is 2. The van der Waals surface area contributed by atoms with Crippen LogP contribution in [-0.4, -0.2) is 41.8 Å². The fraction of sp³-hybridized carbons (Fsp3) is 0.667. The Labute approximate surface area is 124 Å². The molecule has 112 valence electrons. The molecule has 0 aromatic carbocycles. The number of nitrogens with two attached hydrogens (primary N) is 1. The van der Waals surface area contributed by atoms with E-state index in [1.165, 1.54) is 0 Å². The predicted molar refractivity (Wildman–Crippen MR) is 78.8 cm³/mol. The molecule has 2 saturated heterocycles. The maximum Gasteiger partial charge on any atom is 0.226 e. The van der Waals surface area contributed by atoms with Crippen LogP contribution in [0.15, 0.2) is 6.07 Å². The van der Waals surface area contributed by atoms with Crippen molar-refractivity contribution in [3.05, 3.63) is 17.5 Å². The van der Waals surface area contributed by atoms with Gasteiger partial charge in [0, 0.05) is 30.2 Å². The van der Waals surface area contributed by atoms with Crippen LogP contribution in [0, 0.1) is 23.7 Å². The Morgan fingerprint density at radius 2 is 2.14 bits per heavy atom. The number of ether oxygens (including phenoxy) is 1. The van der Waals surface area contributed by atoms with E-state index in [0.717, 1.165) is 38.2 Å². The maximum absolute atomic E-state index is 9.02. The highest BCUT2D eigenvalue weighted by atomic mass is 16.5. The average Bonchev–Trinajstić information content (AvgIpc) is 2.76. The van der Waals surface area contributed by atoms with Crippen molar-refractivity contribution < 1.29 is 4.74 Å². The summed E-state index contributed by atoms with van der Waals surface area (Å²) >= 11 is 0. The second-order valence-corrected chi connectivity index (χ2v) is 6.20. The van der Waals surface area contributed by atoms with E-state index in [4.69, 9.17) is 15.7 Å². The summed E-state index contributed by atoms with van der Waals surface area (Å²) in [5, 5.41) is 9.02. The molecule has 2 fully saturated rings. The first-order valence-electron chi connectivity index (χ1n) is 7.42. The van der Waals surface area contributed by atoms with E-state index in [1.54, 1.807) is 6.07 Å². The first-order chi connectivity index (χ1) is 10.0. The van der Waals surface area contributed by atoms with Crippen LogP contribution in [0.4, 0.5) is 5.95 Å². The molecule has 2 aliphatic rings. The monoisotopic (exact) mass is 287 g/mol. The summed E-state index contributed by atoms with van der Waals surface area (Å²) in [7, 11) is 0. The lowest BCUT2D eigenvalue weighted by atomic mass is 9.73. The normalized spacial score (nSPS) is 27.8. The van der Waals surface area contributed by atoms with Crippen LogP contribution in [0.5, 0.6) is 0 Å². The highest BCUT2D eigenvalue weighted by Gasteiger charge is 2.47. The molecular formula is C15H21N5O. The zero-order valence-electron chi connectivity index (χ0n) is 12.5. The van der Waals surface area contributed by atoms with Gasteiger partial charge >= 0.3 is 0 Å². The number of aryl methyl sites for hydroxylation is 1. The van der Waals surface area contributed by atoms with E-state index in [-0.39, 0.29) is 17.6 Å². The zero-order chi connectivity index (χ0) is 15.0. The number of nitrogens with zero attached hydrogens (tertiary/aromatic N) is 4. The lowest BCUT2D eigenvalue weighted by Crippen LogP contribution is -2.51. The van der Waals surface area contributed by atoms with Gasteiger partial charge in [0.1, 0.15) is 11.8 Å². The molecular weight excluding hydrogens is 266 g/mol. The summed E-state index contributed by atoms with van der Waals surface area (Å²) in [6.45, 7) is 6.41. The van der Waals surface area contributed by atoms with Crippen molar-refractivity contribution in [3.63, 3.8) is 0 Å². The van der Waals surface area contributed by atoms with Crippen LogP contribution in [0.3, 0.4) is 0 Å². The third-order valence-corrected chi connectivity index (χ3v) is 4.85. The average molecular weight is 287 g/mol. The van der Waals surface area contributed by atoms with Gasteiger partial charge in [-0.05, 0) is 32.8 Å². The molecule has 6 nitrogen and oxygen atoms in total. The van der Waals surface area contributed by atoms with Gasteiger partial charge in [0.15, 0.2) is 0 Å². The third kappa shape index (κ3) is 2.47. The summed E-state index contributed by atoms with van der Waals surface area (Å²) in [5.74, 6) is 0.655. The van der Waals surface area contributed by atoms with Gasteiger partial charge in [-0.1, -0.05) is 0 Å². The molecule has 0 unspecified atom stereocenters. The quantitative estimate of drug-likeness (QED) is 0.828. The van der Waals surface area contributed by atoms with Crippen molar-refractivity contribution in [2.24, 2.45) is 11.1 Å². The zero-order valence-corrected chi connectivity index (χ0v) is 12.5. The molecule has 0 saturated carbocycles. The van der Waals surface area contributed by atoms with Gasteiger partial charge in [0.25, 0.3) is 0 Å². The summed E-state index contributed by atoms with van der Waals surface area (Å²) in [6.07, 6.45) is 2.10. The fourth-order valence-electron chi connectivity index (χ4n) is 3.38. The molecule has 1 spiro atoms. The van der Waals surface area contributed by atoms with Crippen molar-refractivity contribution in [3.8, 4) is 6.07 Å². The van der Waals surface area contributed by atoms with Gasteiger partial charge in [-0.15, -0.1) is 0 Å². The summed E-state index contributed by atoms with van der Waals surface area (Å²) in [5.41, 5.74) is 7.67. The first kappa shape index (κ1) is 14.2. The Morgan fingerprint density at radius 3 is 2.71 bits per heavy atom. The Balaban J connectivity index is 1.75. The number of hydrogen-bond donors (Lipinski definition) is 1. The van der Waals surface area contributed by atoms with Crippen LogP contribution in [0.1, 0.15) is 31.2 Å². The van der Waals surface area contributed by atoms with Gasteiger partial charge in [0.05, 0.1) is 12.7 Å². The van der Waals surface area contributed by atoms with Crippen LogP contribution in [0.25, 0.3) is 0 Å². The van der Waals surface area contributed by atoms with Gasteiger partial charge in [-0.25, -0.2) is 9.97 Å². The minimum atomic E-state index is 0.0950. The molecule has 1 aromatic rings. The number of anilines is 1. The molecule has 0 radical (unpaired) electrons. The smallest absolute Gasteiger partial charge is 0.226 e. The second kappa shape index (κ2) is 5.24. The van der Waals surface area contributed by atoms with Crippen LogP contribution >= 0.6 is 0 Å². The van der Waals surface area contributed by atoms with Crippen LogP contribution in [0.2, 0.25) is 0 Å². The molecule has 3 heterocycles. The van der Waals surface area contributed by atoms with Gasteiger partial charge in [-0.3, -0.25) is 0 Å². The standard InChI is InChI=1S/C15H21N5O/c1-10-7-12(8-16)19-14(18-10)20-5-3-15(4-6-20)9-21-11(2)13(15)17/h7,11,13H,3-6,9,17H2,1-2H3/t11-,13+/m0/s1. The molecule has 2 N–H and O–H groups in total. The molecule has 3 rings (SSSR count). The fourth-order valence-corrected chi connectivity index (χ4v) is 3.38. The minimum absolute atomic E-state index is 0.0950. The lowest BCUT2D eigenvalue weighted by Gasteiger charge is -2.41. The number of piperidine rings is 1. The number of nitriles is 1. The highest BCUT2D eigenvalue weighted by Crippen LogP contribution is 2.41. The van der Waals surface area contributed by atoms with Crippen molar-refractivity contribution in [1.82, 2.24) is 9.97 Å². The largest absolute Gasteiger partial charge is 0.376 e. The number of rotatable bonds is 1. The molecule has 21 heavy (non-hydrogen) atoms. The molecule has 1 aromatic heterocycles. The second-order valence-electron chi connectivity index (χ2n) is 6.20. The van der Waals surface area contributed by atoms with E-state index in [2.05, 4.69) is 27.9 Å². The van der Waals surface area contributed by atoms with Gasteiger partial charge in [0.2, 0.25) is 5.95 Å². The Kier molecular flexibility index (Phi) is 3.56. The minimum Gasteiger partial charge on any atom is -0.376 e. The molecule has 0 aliphatic carbocycles. The SMILES string of the molecule is Cc1cc(C#N)nc(N2CCC3(CC2)CO[C@@H](C)[C@H]3N)n1. The van der Waals surface area contributed by atoms with E-state index in [9.17, 15) is 0 Å². The summed E-state index contributed by atoms with van der Waals surface area (Å²) < 4.78 is 5.74. The summed E-state index contributed by atoms with van der Waals surface area (Å²) in [4.78, 5) is 10.9. The highest BCUT2D eigenvalue weighted by molar-refractivity contribution is 5.36. The first-order valence-corrected chi connectivity index (χ1v) is 7.42. The maximum atomic E-state index is 9.02. The van der Waals surface area contributed by atoms with Crippen LogP contribution < -0.4 is 10.6 Å². The van der Waals surface area contributed by atoms with Gasteiger partial charge in [-0.2, -0.15) is 5.26 Å².